The minimum atomic E-state index is -4.53. The molecule has 0 unspecified atom stereocenters. The summed E-state index contributed by atoms with van der Waals surface area (Å²) in [6, 6.07) is -0.744. The summed E-state index contributed by atoms with van der Waals surface area (Å²) >= 11 is 0. The fourth-order valence-electron chi connectivity index (χ4n) is 2.62. The molecular weight excluding hydrogens is 291 g/mol. The molecule has 0 aliphatic carbocycles. The molecule has 1 fully saturated rings. The van der Waals surface area contributed by atoms with Gasteiger partial charge in [-0.15, -0.1) is 0 Å². The van der Waals surface area contributed by atoms with E-state index >= 15 is 0 Å². The molecule has 1 N–H and O–H groups in total. The highest BCUT2D eigenvalue weighted by Crippen LogP contribution is 2.33. The monoisotopic (exact) mass is 307 g/mol. The van der Waals surface area contributed by atoms with Gasteiger partial charge in [-0.05, 0) is 0 Å². The molecule has 0 amide bonds. The van der Waals surface area contributed by atoms with Crippen LogP contribution in [0.2, 0.25) is 0 Å². The number of aromatic nitrogens is 2. The quantitative estimate of drug-likeness (QED) is 0.826. The van der Waals surface area contributed by atoms with E-state index < -0.39 is 30.0 Å². The fraction of sp³-hybridized carbons (Fsp3) is 0.667. The van der Waals surface area contributed by atoms with Gasteiger partial charge in [-0.1, -0.05) is 0 Å². The third-order valence-corrected chi connectivity index (χ3v) is 3.51. The minimum absolute atomic E-state index is 0.0343. The van der Waals surface area contributed by atoms with Crippen LogP contribution in [-0.2, 0) is 29.3 Å². The predicted molar refractivity (Wildman–Crippen MR) is 65.0 cm³/mol. The topological polar surface area (TPSA) is 67.6 Å². The second-order valence-electron chi connectivity index (χ2n) is 5.00. The number of ether oxygens (including phenoxy) is 1. The Morgan fingerprint density at radius 3 is 2.81 bits per heavy atom. The van der Waals surface area contributed by atoms with Gasteiger partial charge in [0.2, 0.25) is 0 Å². The van der Waals surface area contributed by atoms with Crippen molar-refractivity contribution in [2.24, 2.45) is 7.05 Å². The van der Waals surface area contributed by atoms with Crippen LogP contribution in [-0.4, -0.2) is 51.6 Å². The molecule has 1 aliphatic heterocycles. The molecule has 9 heteroatoms. The first-order chi connectivity index (χ1) is 9.74. The van der Waals surface area contributed by atoms with Gasteiger partial charge in [0.05, 0.1) is 19.4 Å². The van der Waals surface area contributed by atoms with Gasteiger partial charge in [0.15, 0.2) is 0 Å². The maximum atomic E-state index is 13.0. The van der Waals surface area contributed by atoms with Gasteiger partial charge >= 0.3 is 12.1 Å². The number of rotatable bonds is 3. The zero-order valence-corrected chi connectivity index (χ0v) is 11.6. The summed E-state index contributed by atoms with van der Waals surface area (Å²) in [6.45, 7) is -0.00846. The van der Waals surface area contributed by atoms with Gasteiger partial charge in [0, 0.05) is 32.1 Å². The minimum Gasteiger partial charge on any atom is -0.468 e. The molecule has 2 atom stereocenters. The van der Waals surface area contributed by atoms with E-state index in [1.54, 1.807) is 0 Å². The van der Waals surface area contributed by atoms with E-state index in [4.69, 9.17) is 0 Å². The Kier molecular flexibility index (Phi) is 4.24. The Bertz CT molecular complexity index is 530. The lowest BCUT2D eigenvalue weighted by atomic mass is 10.2. The first-order valence-electron chi connectivity index (χ1n) is 6.32. The number of alkyl halides is 3. The van der Waals surface area contributed by atoms with Crippen LogP contribution in [0.15, 0.2) is 6.20 Å². The molecule has 0 aromatic carbocycles. The second kappa shape index (κ2) is 5.64. The molecule has 2 rings (SSSR count). The molecule has 21 heavy (non-hydrogen) atoms. The Morgan fingerprint density at radius 2 is 2.24 bits per heavy atom. The predicted octanol–water partition coefficient (Wildman–Crippen LogP) is 0.547. The molecule has 0 spiro atoms. The van der Waals surface area contributed by atoms with Crippen LogP contribution in [0, 0.1) is 0 Å². The summed E-state index contributed by atoms with van der Waals surface area (Å²) in [4.78, 5) is 13.1. The van der Waals surface area contributed by atoms with Crippen molar-refractivity contribution in [3.8, 4) is 0 Å². The van der Waals surface area contributed by atoms with Gasteiger partial charge in [-0.25, -0.2) is 0 Å². The number of hydrogen-bond donors (Lipinski definition) is 1. The van der Waals surface area contributed by atoms with Crippen LogP contribution >= 0.6 is 0 Å². The number of likely N-dealkylation sites (tertiary alicyclic amines) is 1. The number of esters is 1. The van der Waals surface area contributed by atoms with E-state index in [-0.39, 0.29) is 25.1 Å². The van der Waals surface area contributed by atoms with E-state index in [9.17, 15) is 23.1 Å². The molecule has 0 radical (unpaired) electrons. The molecule has 118 valence electrons. The molecule has 0 saturated carbocycles. The Labute approximate surface area is 119 Å². The summed E-state index contributed by atoms with van der Waals surface area (Å²) in [5, 5.41) is 13.3. The van der Waals surface area contributed by atoms with Gasteiger partial charge in [0.25, 0.3) is 0 Å². The first-order valence-corrected chi connectivity index (χ1v) is 6.32. The van der Waals surface area contributed by atoms with Crippen LogP contribution in [0.3, 0.4) is 0 Å². The Morgan fingerprint density at radius 1 is 1.57 bits per heavy atom. The van der Waals surface area contributed by atoms with E-state index in [2.05, 4.69) is 9.84 Å². The lowest BCUT2D eigenvalue weighted by Crippen LogP contribution is -2.36. The summed E-state index contributed by atoms with van der Waals surface area (Å²) in [5.74, 6) is -0.566. The summed E-state index contributed by atoms with van der Waals surface area (Å²) in [5.41, 5.74) is -0.888. The molecule has 1 saturated heterocycles. The van der Waals surface area contributed by atoms with Crippen molar-refractivity contribution >= 4 is 5.97 Å². The number of aliphatic hydroxyl groups is 1. The van der Waals surface area contributed by atoms with Crippen molar-refractivity contribution < 1.29 is 27.8 Å². The van der Waals surface area contributed by atoms with Gasteiger partial charge in [0.1, 0.15) is 11.7 Å². The van der Waals surface area contributed by atoms with Crippen LogP contribution in [0.25, 0.3) is 0 Å². The molecule has 0 bridgehead atoms. The van der Waals surface area contributed by atoms with E-state index in [0.29, 0.717) is 0 Å². The standard InChI is InChI=1S/C12H16F3N3O3/c1-17-10(12(13,14)15)7(4-16-17)5-18-6-8(19)3-9(18)11(20)21-2/h4,8-9,19H,3,5-6H2,1-2H3/t8-,9+/m0/s1. The number of halogens is 3. The van der Waals surface area contributed by atoms with Gasteiger partial charge < -0.3 is 9.84 Å². The van der Waals surface area contributed by atoms with Crippen LogP contribution in [0.4, 0.5) is 13.2 Å². The summed E-state index contributed by atoms with van der Waals surface area (Å²) in [6.07, 6.45) is -4.02. The van der Waals surface area contributed by atoms with Crippen LogP contribution in [0.5, 0.6) is 0 Å². The van der Waals surface area contributed by atoms with Crippen molar-refractivity contribution in [1.82, 2.24) is 14.7 Å². The van der Waals surface area contributed by atoms with Crippen LogP contribution < -0.4 is 0 Å². The number of methoxy groups -OCH3 is 1. The fourth-order valence-corrected chi connectivity index (χ4v) is 2.62. The number of β-amino-alcohol motifs (C(OH)–C–C–N with tert-alkyl or cyclic N) is 1. The third-order valence-electron chi connectivity index (χ3n) is 3.51. The average Bonchev–Trinajstić information content (AvgIpc) is 2.91. The van der Waals surface area contributed by atoms with E-state index in [0.717, 1.165) is 10.9 Å². The Balaban J connectivity index is 2.23. The zero-order valence-electron chi connectivity index (χ0n) is 11.6. The number of hydrogen-bond acceptors (Lipinski definition) is 5. The second-order valence-corrected chi connectivity index (χ2v) is 5.00. The maximum absolute atomic E-state index is 13.0. The zero-order chi connectivity index (χ0) is 15.8. The number of aliphatic hydroxyl groups excluding tert-OH is 1. The lowest BCUT2D eigenvalue weighted by Gasteiger charge is -2.22. The molecular formula is C12H16F3N3O3. The highest BCUT2D eigenvalue weighted by Gasteiger charge is 2.41. The third kappa shape index (κ3) is 3.18. The number of nitrogens with zero attached hydrogens (tertiary/aromatic N) is 3. The van der Waals surface area contributed by atoms with Crippen LogP contribution in [0.1, 0.15) is 17.7 Å². The highest BCUT2D eigenvalue weighted by atomic mass is 19.4. The summed E-state index contributed by atoms with van der Waals surface area (Å²) in [7, 11) is 2.42. The highest BCUT2D eigenvalue weighted by molar-refractivity contribution is 5.76. The van der Waals surface area contributed by atoms with E-state index in [1.807, 2.05) is 0 Å². The molecule has 1 aromatic heterocycles. The normalized spacial score (nSPS) is 23.5. The number of aryl methyl sites for hydroxylation is 1. The Hall–Kier alpha value is -1.61. The van der Waals surface area contributed by atoms with E-state index in [1.165, 1.54) is 19.1 Å². The van der Waals surface area contributed by atoms with Crippen molar-refractivity contribution in [2.75, 3.05) is 13.7 Å². The molecule has 1 aromatic rings. The van der Waals surface area contributed by atoms with Gasteiger partial charge in [-0.3, -0.25) is 14.4 Å². The van der Waals surface area contributed by atoms with Crippen molar-refractivity contribution in [1.29, 1.82) is 0 Å². The summed E-state index contributed by atoms with van der Waals surface area (Å²) < 4.78 is 44.4. The van der Waals surface area contributed by atoms with Crippen molar-refractivity contribution in [3.63, 3.8) is 0 Å². The molecule has 1 aliphatic rings. The first kappa shape index (κ1) is 15.8. The lowest BCUT2D eigenvalue weighted by molar-refractivity contribution is -0.146. The number of carbonyl (C=O) groups excluding carboxylic acids is 1. The van der Waals surface area contributed by atoms with Crippen molar-refractivity contribution in [3.05, 3.63) is 17.5 Å². The van der Waals surface area contributed by atoms with Gasteiger partial charge in [-0.2, -0.15) is 18.3 Å². The SMILES string of the molecule is COC(=O)[C@H]1C[C@H](O)CN1Cc1cnn(C)c1C(F)(F)F. The molecule has 6 nitrogen and oxygen atoms in total. The molecule has 2 heterocycles. The smallest absolute Gasteiger partial charge is 0.433 e. The maximum Gasteiger partial charge on any atom is 0.433 e. The van der Waals surface area contributed by atoms with Crippen molar-refractivity contribution in [2.45, 2.75) is 31.3 Å². The number of carbonyl (C=O) groups is 1. The average molecular weight is 307 g/mol. The largest absolute Gasteiger partial charge is 0.468 e.